The number of anilines is 1. The van der Waals surface area contributed by atoms with Crippen molar-refractivity contribution in [2.45, 2.75) is 6.54 Å². The fraction of sp³-hybridized carbons (Fsp3) is 0.143. The second-order valence-corrected chi connectivity index (χ2v) is 5.67. The summed E-state index contributed by atoms with van der Waals surface area (Å²) < 4.78 is 38.0. The zero-order valence-corrected chi connectivity index (χ0v) is 12.9. The molecule has 0 saturated heterocycles. The first-order valence-corrected chi connectivity index (χ1v) is 7.18. The van der Waals surface area contributed by atoms with E-state index in [2.05, 4.69) is 21.2 Å². The standard InChI is InChI=1S/C14H9BrClF2NO2/c15-9-1-7(2-12-14(9)21-6-20-12)5-19-13-10(16)3-8(17)4-11(13)18/h1-4,19H,5-6H2. The summed E-state index contributed by atoms with van der Waals surface area (Å²) in [6.07, 6.45) is 0. The number of ether oxygens (including phenoxy) is 2. The predicted octanol–water partition coefficient (Wildman–Crippen LogP) is 4.72. The van der Waals surface area contributed by atoms with Gasteiger partial charge in [-0.15, -0.1) is 0 Å². The van der Waals surface area contributed by atoms with Crippen LogP contribution in [0.3, 0.4) is 0 Å². The molecule has 0 bridgehead atoms. The van der Waals surface area contributed by atoms with E-state index in [1.54, 1.807) is 6.07 Å². The van der Waals surface area contributed by atoms with E-state index in [1.165, 1.54) is 0 Å². The average molecular weight is 377 g/mol. The van der Waals surface area contributed by atoms with E-state index in [1.807, 2.05) is 6.07 Å². The van der Waals surface area contributed by atoms with Gasteiger partial charge in [-0.05, 0) is 39.7 Å². The first-order chi connectivity index (χ1) is 10.0. The predicted molar refractivity (Wildman–Crippen MR) is 79.0 cm³/mol. The summed E-state index contributed by atoms with van der Waals surface area (Å²) in [6.45, 7) is 0.473. The maximum atomic E-state index is 13.7. The van der Waals surface area contributed by atoms with Crippen molar-refractivity contribution in [2.24, 2.45) is 0 Å². The summed E-state index contributed by atoms with van der Waals surface area (Å²) >= 11 is 9.21. The van der Waals surface area contributed by atoms with Gasteiger partial charge in [0.1, 0.15) is 5.82 Å². The van der Waals surface area contributed by atoms with E-state index >= 15 is 0 Å². The molecule has 0 fully saturated rings. The van der Waals surface area contributed by atoms with Gasteiger partial charge in [0.05, 0.1) is 15.2 Å². The lowest BCUT2D eigenvalue weighted by Gasteiger charge is -2.11. The zero-order chi connectivity index (χ0) is 15.0. The van der Waals surface area contributed by atoms with Crippen molar-refractivity contribution >= 4 is 33.2 Å². The third-order valence-electron chi connectivity index (χ3n) is 2.96. The smallest absolute Gasteiger partial charge is 0.231 e. The van der Waals surface area contributed by atoms with Gasteiger partial charge < -0.3 is 14.8 Å². The third-order valence-corrected chi connectivity index (χ3v) is 3.85. The van der Waals surface area contributed by atoms with E-state index in [9.17, 15) is 8.78 Å². The normalized spacial score (nSPS) is 12.6. The number of halogens is 4. The minimum Gasteiger partial charge on any atom is -0.454 e. The molecule has 0 amide bonds. The molecule has 3 nitrogen and oxygen atoms in total. The number of hydrogen-bond acceptors (Lipinski definition) is 3. The Morgan fingerprint density at radius 1 is 1.19 bits per heavy atom. The summed E-state index contributed by atoms with van der Waals surface area (Å²) in [5.74, 6) is -0.190. The molecule has 1 N–H and O–H groups in total. The van der Waals surface area contributed by atoms with Crippen LogP contribution in [0.25, 0.3) is 0 Å². The van der Waals surface area contributed by atoms with Crippen molar-refractivity contribution in [1.29, 1.82) is 0 Å². The zero-order valence-electron chi connectivity index (χ0n) is 10.6. The highest BCUT2D eigenvalue weighted by molar-refractivity contribution is 9.10. The number of fused-ring (bicyclic) bond motifs is 1. The lowest BCUT2D eigenvalue weighted by atomic mass is 10.2. The van der Waals surface area contributed by atoms with E-state index in [0.29, 0.717) is 18.0 Å². The summed E-state index contributed by atoms with van der Waals surface area (Å²) in [5.41, 5.74) is 0.901. The quantitative estimate of drug-likeness (QED) is 0.841. The van der Waals surface area contributed by atoms with Crippen LogP contribution in [0.1, 0.15) is 5.56 Å². The van der Waals surface area contributed by atoms with E-state index < -0.39 is 11.6 Å². The summed E-state index contributed by atoms with van der Waals surface area (Å²) in [6, 6.07) is 5.46. The summed E-state index contributed by atoms with van der Waals surface area (Å²) in [4.78, 5) is 0. The minimum absolute atomic E-state index is 0.00712. The highest BCUT2D eigenvalue weighted by atomic mass is 79.9. The Morgan fingerprint density at radius 2 is 2.00 bits per heavy atom. The van der Waals surface area contributed by atoms with Crippen LogP contribution >= 0.6 is 27.5 Å². The lowest BCUT2D eigenvalue weighted by molar-refractivity contribution is 0.173. The van der Waals surface area contributed by atoms with Gasteiger partial charge in [0, 0.05) is 12.6 Å². The van der Waals surface area contributed by atoms with Gasteiger partial charge in [-0.1, -0.05) is 11.6 Å². The number of nitrogens with one attached hydrogen (secondary N) is 1. The number of benzene rings is 2. The van der Waals surface area contributed by atoms with Gasteiger partial charge in [0.2, 0.25) is 6.79 Å². The van der Waals surface area contributed by atoms with E-state index in [-0.39, 0.29) is 17.5 Å². The van der Waals surface area contributed by atoms with E-state index in [4.69, 9.17) is 21.1 Å². The van der Waals surface area contributed by atoms with Crippen molar-refractivity contribution in [2.75, 3.05) is 12.1 Å². The van der Waals surface area contributed by atoms with Crippen LogP contribution in [0.5, 0.6) is 11.5 Å². The molecule has 1 aliphatic rings. The van der Waals surface area contributed by atoms with Gasteiger partial charge in [-0.25, -0.2) is 8.78 Å². The SMILES string of the molecule is Fc1cc(F)c(NCc2cc(Br)c3c(c2)OCO3)c(Cl)c1. The molecule has 0 spiro atoms. The van der Waals surface area contributed by atoms with Crippen LogP contribution in [0.4, 0.5) is 14.5 Å². The van der Waals surface area contributed by atoms with Crippen molar-refractivity contribution in [1.82, 2.24) is 0 Å². The molecule has 21 heavy (non-hydrogen) atoms. The van der Waals surface area contributed by atoms with Gasteiger partial charge >= 0.3 is 0 Å². The summed E-state index contributed by atoms with van der Waals surface area (Å²) in [7, 11) is 0. The van der Waals surface area contributed by atoms with Crippen molar-refractivity contribution in [3.8, 4) is 11.5 Å². The number of hydrogen-bond donors (Lipinski definition) is 1. The Morgan fingerprint density at radius 3 is 2.76 bits per heavy atom. The topological polar surface area (TPSA) is 30.5 Å². The fourth-order valence-corrected chi connectivity index (χ4v) is 2.89. The maximum absolute atomic E-state index is 13.7. The van der Waals surface area contributed by atoms with Crippen LogP contribution < -0.4 is 14.8 Å². The third kappa shape index (κ3) is 2.91. The highest BCUT2D eigenvalue weighted by Crippen LogP contribution is 2.40. The largest absolute Gasteiger partial charge is 0.454 e. The monoisotopic (exact) mass is 375 g/mol. The Balaban J connectivity index is 1.81. The first kappa shape index (κ1) is 14.4. The van der Waals surface area contributed by atoms with Crippen molar-refractivity contribution in [3.63, 3.8) is 0 Å². The lowest BCUT2D eigenvalue weighted by Crippen LogP contribution is -2.03. The van der Waals surface area contributed by atoms with Gasteiger partial charge in [0.15, 0.2) is 17.3 Å². The summed E-state index contributed by atoms with van der Waals surface area (Å²) in [5, 5.41) is 2.85. The molecule has 2 aromatic rings. The average Bonchev–Trinajstić information content (AvgIpc) is 2.86. The molecule has 1 heterocycles. The van der Waals surface area contributed by atoms with Crippen LogP contribution in [0, 0.1) is 11.6 Å². The Hall–Kier alpha value is -1.53. The molecule has 2 aromatic carbocycles. The van der Waals surface area contributed by atoms with Gasteiger partial charge in [-0.2, -0.15) is 0 Å². The molecule has 0 aromatic heterocycles. The molecular formula is C14H9BrClF2NO2. The van der Waals surface area contributed by atoms with Gasteiger partial charge in [0.25, 0.3) is 0 Å². The second kappa shape index (κ2) is 5.69. The van der Waals surface area contributed by atoms with Gasteiger partial charge in [-0.3, -0.25) is 0 Å². The van der Waals surface area contributed by atoms with E-state index in [0.717, 1.165) is 22.2 Å². The maximum Gasteiger partial charge on any atom is 0.231 e. The molecule has 3 rings (SSSR count). The van der Waals surface area contributed by atoms with Crippen LogP contribution in [-0.4, -0.2) is 6.79 Å². The number of rotatable bonds is 3. The Kier molecular flexibility index (Phi) is 3.91. The molecule has 0 unspecified atom stereocenters. The van der Waals surface area contributed by atoms with Crippen LogP contribution in [-0.2, 0) is 6.54 Å². The first-order valence-electron chi connectivity index (χ1n) is 6.01. The highest BCUT2D eigenvalue weighted by Gasteiger charge is 2.18. The molecule has 0 saturated carbocycles. The molecule has 7 heteroatoms. The molecule has 110 valence electrons. The van der Waals surface area contributed by atoms with Crippen molar-refractivity contribution < 1.29 is 18.3 Å². The second-order valence-electron chi connectivity index (χ2n) is 4.41. The minimum atomic E-state index is -0.736. The Labute approximate surface area is 132 Å². The molecular weight excluding hydrogens is 368 g/mol. The van der Waals surface area contributed by atoms with Crippen molar-refractivity contribution in [3.05, 3.63) is 51.0 Å². The molecule has 0 atom stereocenters. The fourth-order valence-electron chi connectivity index (χ4n) is 2.02. The molecule has 0 radical (unpaired) electrons. The van der Waals surface area contributed by atoms with Crippen LogP contribution in [0.15, 0.2) is 28.7 Å². The van der Waals surface area contributed by atoms with Crippen LogP contribution in [0.2, 0.25) is 5.02 Å². The Bertz CT molecular complexity index is 689. The molecule has 1 aliphatic heterocycles. The molecule has 0 aliphatic carbocycles.